The van der Waals surface area contributed by atoms with E-state index in [4.69, 9.17) is 5.11 Å². The lowest BCUT2D eigenvalue weighted by Crippen LogP contribution is -2.28. The zero-order chi connectivity index (χ0) is 13.7. The summed E-state index contributed by atoms with van der Waals surface area (Å²) < 4.78 is 0. The molecule has 1 fully saturated rings. The Hall–Kier alpha value is -1.35. The fourth-order valence-corrected chi connectivity index (χ4v) is 2.74. The molecular weight excluding hydrogens is 238 g/mol. The molecule has 0 aliphatic heterocycles. The minimum atomic E-state index is -0.619. The van der Waals surface area contributed by atoms with E-state index >= 15 is 0 Å². The van der Waals surface area contributed by atoms with Gasteiger partial charge in [-0.1, -0.05) is 29.8 Å². The van der Waals surface area contributed by atoms with Crippen LogP contribution in [0.2, 0.25) is 0 Å². The van der Waals surface area contributed by atoms with Crippen LogP contribution in [0.3, 0.4) is 0 Å². The number of nitrogens with one attached hydrogen (secondary N) is 1. The summed E-state index contributed by atoms with van der Waals surface area (Å²) in [5, 5.41) is 12.4. The zero-order valence-electron chi connectivity index (χ0n) is 11.6. The van der Waals surface area contributed by atoms with Crippen LogP contribution in [0, 0.1) is 18.8 Å². The Balaban J connectivity index is 1.67. The van der Waals surface area contributed by atoms with Crippen LogP contribution < -0.4 is 5.32 Å². The normalized spacial score (nSPS) is 23.2. The Morgan fingerprint density at radius 1 is 1.21 bits per heavy atom. The molecule has 0 aromatic heterocycles. The molecule has 0 radical (unpaired) electrons. The first-order valence-electron chi connectivity index (χ1n) is 7.14. The van der Waals surface area contributed by atoms with Gasteiger partial charge < -0.3 is 10.4 Å². The number of rotatable bonds is 5. The van der Waals surface area contributed by atoms with Gasteiger partial charge in [-0.3, -0.25) is 4.79 Å². The van der Waals surface area contributed by atoms with Gasteiger partial charge in [0, 0.05) is 6.54 Å². The molecule has 3 heteroatoms. The maximum absolute atomic E-state index is 10.9. The fourth-order valence-electron chi connectivity index (χ4n) is 2.74. The summed E-state index contributed by atoms with van der Waals surface area (Å²) >= 11 is 0. The second-order valence-corrected chi connectivity index (χ2v) is 5.67. The lowest BCUT2D eigenvalue weighted by atomic mass is 9.82. The van der Waals surface area contributed by atoms with Gasteiger partial charge in [0.1, 0.15) is 0 Å². The van der Waals surface area contributed by atoms with Crippen molar-refractivity contribution in [2.24, 2.45) is 11.8 Å². The van der Waals surface area contributed by atoms with E-state index in [0.29, 0.717) is 5.92 Å². The van der Waals surface area contributed by atoms with Crippen LogP contribution in [0.15, 0.2) is 24.3 Å². The van der Waals surface area contributed by atoms with E-state index < -0.39 is 5.97 Å². The van der Waals surface area contributed by atoms with Crippen molar-refractivity contribution in [2.75, 3.05) is 6.54 Å². The molecule has 0 heterocycles. The predicted molar refractivity (Wildman–Crippen MR) is 76.0 cm³/mol. The van der Waals surface area contributed by atoms with Gasteiger partial charge in [-0.15, -0.1) is 0 Å². The number of hydrogen-bond donors (Lipinski definition) is 2. The van der Waals surface area contributed by atoms with Crippen molar-refractivity contribution in [3.63, 3.8) is 0 Å². The number of carboxylic acid groups (broad SMARTS) is 1. The van der Waals surface area contributed by atoms with Crippen molar-refractivity contribution < 1.29 is 9.90 Å². The highest BCUT2D eigenvalue weighted by atomic mass is 16.4. The van der Waals surface area contributed by atoms with Crippen LogP contribution in [-0.4, -0.2) is 17.6 Å². The van der Waals surface area contributed by atoms with Crippen molar-refractivity contribution in [3.8, 4) is 0 Å². The summed E-state index contributed by atoms with van der Waals surface area (Å²) in [4.78, 5) is 10.9. The van der Waals surface area contributed by atoms with E-state index in [0.717, 1.165) is 38.8 Å². The summed E-state index contributed by atoms with van der Waals surface area (Å²) in [6.45, 7) is 4.00. The summed E-state index contributed by atoms with van der Waals surface area (Å²) in [7, 11) is 0. The Labute approximate surface area is 115 Å². The zero-order valence-corrected chi connectivity index (χ0v) is 11.6. The first-order chi connectivity index (χ1) is 9.15. The lowest BCUT2D eigenvalue weighted by molar-refractivity contribution is -0.143. The molecule has 1 aromatic rings. The molecule has 19 heavy (non-hydrogen) atoms. The van der Waals surface area contributed by atoms with E-state index in [1.807, 2.05) is 0 Å². The maximum Gasteiger partial charge on any atom is 0.306 e. The Kier molecular flexibility index (Phi) is 4.97. The van der Waals surface area contributed by atoms with Crippen molar-refractivity contribution in [2.45, 2.75) is 39.2 Å². The van der Waals surface area contributed by atoms with Crippen molar-refractivity contribution in [3.05, 3.63) is 35.4 Å². The van der Waals surface area contributed by atoms with Gasteiger partial charge in [0.15, 0.2) is 0 Å². The number of hydrogen-bond acceptors (Lipinski definition) is 2. The molecule has 2 rings (SSSR count). The largest absolute Gasteiger partial charge is 0.481 e. The topological polar surface area (TPSA) is 49.3 Å². The molecule has 1 aliphatic rings. The molecule has 0 unspecified atom stereocenters. The predicted octanol–water partition coefficient (Wildman–Crippen LogP) is 2.98. The summed E-state index contributed by atoms with van der Waals surface area (Å²) in [6, 6.07) is 8.58. The van der Waals surface area contributed by atoms with E-state index in [-0.39, 0.29) is 5.92 Å². The number of carbonyl (C=O) groups is 1. The summed E-state index contributed by atoms with van der Waals surface area (Å²) in [5.74, 6) is -0.0829. The minimum Gasteiger partial charge on any atom is -0.481 e. The van der Waals surface area contributed by atoms with E-state index in [1.165, 1.54) is 11.1 Å². The van der Waals surface area contributed by atoms with Gasteiger partial charge in [0.2, 0.25) is 0 Å². The lowest BCUT2D eigenvalue weighted by Gasteiger charge is -2.26. The Bertz CT molecular complexity index is 405. The molecule has 1 aliphatic carbocycles. The fraction of sp³-hybridized carbons (Fsp3) is 0.562. The van der Waals surface area contributed by atoms with E-state index in [2.05, 4.69) is 36.5 Å². The molecule has 0 bridgehead atoms. The van der Waals surface area contributed by atoms with Crippen LogP contribution in [-0.2, 0) is 11.3 Å². The van der Waals surface area contributed by atoms with Gasteiger partial charge in [-0.2, -0.15) is 0 Å². The van der Waals surface area contributed by atoms with Crippen LogP contribution in [0.4, 0.5) is 0 Å². The third-order valence-corrected chi connectivity index (χ3v) is 4.08. The average molecular weight is 261 g/mol. The van der Waals surface area contributed by atoms with E-state index in [9.17, 15) is 4.79 Å². The number of aryl methyl sites for hydroxylation is 1. The summed E-state index contributed by atoms with van der Waals surface area (Å²) in [6.07, 6.45) is 3.76. The molecule has 0 amide bonds. The third kappa shape index (κ3) is 4.35. The van der Waals surface area contributed by atoms with Crippen LogP contribution in [0.25, 0.3) is 0 Å². The Morgan fingerprint density at radius 2 is 1.84 bits per heavy atom. The minimum absolute atomic E-state index is 0.103. The van der Waals surface area contributed by atoms with Gasteiger partial charge >= 0.3 is 5.97 Å². The summed E-state index contributed by atoms with van der Waals surface area (Å²) in [5.41, 5.74) is 2.60. The molecule has 0 saturated heterocycles. The second-order valence-electron chi connectivity index (χ2n) is 5.67. The highest BCUT2D eigenvalue weighted by Gasteiger charge is 2.25. The number of benzene rings is 1. The first-order valence-corrected chi connectivity index (χ1v) is 7.14. The van der Waals surface area contributed by atoms with Gasteiger partial charge in [-0.05, 0) is 50.6 Å². The van der Waals surface area contributed by atoms with Gasteiger partial charge in [0.25, 0.3) is 0 Å². The quantitative estimate of drug-likeness (QED) is 0.856. The Morgan fingerprint density at radius 3 is 2.42 bits per heavy atom. The monoisotopic (exact) mass is 261 g/mol. The van der Waals surface area contributed by atoms with Crippen molar-refractivity contribution in [1.29, 1.82) is 0 Å². The molecule has 104 valence electrons. The average Bonchev–Trinajstić information content (AvgIpc) is 2.41. The molecule has 1 aromatic carbocycles. The van der Waals surface area contributed by atoms with E-state index in [1.54, 1.807) is 0 Å². The number of aliphatic carboxylic acids is 1. The SMILES string of the molecule is Cc1ccc(CNCC2CCC(C(=O)O)CC2)cc1. The third-order valence-electron chi connectivity index (χ3n) is 4.08. The molecular formula is C16H23NO2. The van der Waals surface area contributed by atoms with Gasteiger partial charge in [-0.25, -0.2) is 0 Å². The second kappa shape index (κ2) is 6.71. The van der Waals surface area contributed by atoms with Crippen molar-refractivity contribution >= 4 is 5.97 Å². The van der Waals surface area contributed by atoms with Crippen LogP contribution in [0.5, 0.6) is 0 Å². The highest BCUT2D eigenvalue weighted by molar-refractivity contribution is 5.69. The first kappa shape index (κ1) is 14.1. The van der Waals surface area contributed by atoms with Gasteiger partial charge in [0.05, 0.1) is 5.92 Å². The smallest absolute Gasteiger partial charge is 0.306 e. The standard InChI is InChI=1S/C16H23NO2/c1-12-2-4-13(5-3-12)10-17-11-14-6-8-15(9-7-14)16(18)19/h2-5,14-15,17H,6-11H2,1H3,(H,18,19). The molecule has 0 spiro atoms. The molecule has 3 nitrogen and oxygen atoms in total. The van der Waals surface area contributed by atoms with Crippen molar-refractivity contribution in [1.82, 2.24) is 5.32 Å². The van der Waals surface area contributed by atoms with Crippen LogP contribution in [0.1, 0.15) is 36.8 Å². The maximum atomic E-state index is 10.9. The molecule has 2 N–H and O–H groups in total. The highest BCUT2D eigenvalue weighted by Crippen LogP contribution is 2.28. The van der Waals surface area contributed by atoms with Crippen LogP contribution >= 0.6 is 0 Å². The molecule has 0 atom stereocenters. The molecule has 1 saturated carbocycles. The number of carboxylic acids is 1.